The molecule has 0 radical (unpaired) electrons. The number of hydrogen-bond acceptors (Lipinski definition) is 1. The summed E-state index contributed by atoms with van der Waals surface area (Å²) < 4.78 is 0. The molecule has 0 unspecified atom stereocenters. The van der Waals surface area contributed by atoms with Crippen LogP contribution in [0.25, 0.3) is 0 Å². The second-order valence-electron chi connectivity index (χ2n) is 4.78. The van der Waals surface area contributed by atoms with E-state index in [1.165, 1.54) is 11.1 Å². The Labute approximate surface area is 116 Å². The van der Waals surface area contributed by atoms with Crippen molar-refractivity contribution < 1.29 is 5.11 Å². The number of rotatable bonds is 1. The van der Waals surface area contributed by atoms with Gasteiger partial charge in [-0.05, 0) is 28.8 Å². The van der Waals surface area contributed by atoms with E-state index < -0.39 is 5.60 Å². The van der Waals surface area contributed by atoms with Crippen molar-refractivity contribution in [3.63, 3.8) is 0 Å². The molecule has 3 heteroatoms. The second kappa shape index (κ2) is 4.27. The van der Waals surface area contributed by atoms with Crippen LogP contribution in [-0.2, 0) is 18.4 Å². The van der Waals surface area contributed by atoms with E-state index in [9.17, 15) is 5.11 Å². The monoisotopic (exact) mass is 278 g/mol. The van der Waals surface area contributed by atoms with E-state index in [2.05, 4.69) is 12.1 Å². The number of benzene rings is 2. The third-order valence-electron chi connectivity index (χ3n) is 3.54. The third kappa shape index (κ3) is 1.93. The van der Waals surface area contributed by atoms with Crippen LogP contribution in [0.3, 0.4) is 0 Å². The molecule has 0 saturated carbocycles. The Morgan fingerprint density at radius 2 is 1.50 bits per heavy atom. The van der Waals surface area contributed by atoms with Crippen LogP contribution in [0, 0.1) is 0 Å². The molecular weight excluding hydrogens is 267 g/mol. The largest absolute Gasteiger partial charge is 0.384 e. The smallest absolute Gasteiger partial charge is 0.0977 e. The Hall–Kier alpha value is -1.02. The van der Waals surface area contributed by atoms with Crippen molar-refractivity contribution in [3.05, 3.63) is 69.2 Å². The van der Waals surface area contributed by atoms with E-state index in [1.54, 1.807) is 12.1 Å². The third-order valence-corrected chi connectivity index (χ3v) is 4.28. The van der Waals surface area contributed by atoms with Gasteiger partial charge in [-0.1, -0.05) is 53.5 Å². The summed E-state index contributed by atoms with van der Waals surface area (Å²) in [4.78, 5) is 0. The summed E-state index contributed by atoms with van der Waals surface area (Å²) in [5, 5.41) is 11.8. The molecule has 1 aliphatic carbocycles. The van der Waals surface area contributed by atoms with Crippen LogP contribution in [0.2, 0.25) is 10.0 Å². The molecule has 0 atom stereocenters. The first-order valence-corrected chi connectivity index (χ1v) is 6.59. The molecule has 0 amide bonds. The predicted molar refractivity (Wildman–Crippen MR) is 74.2 cm³/mol. The van der Waals surface area contributed by atoms with E-state index in [0.29, 0.717) is 22.9 Å². The van der Waals surface area contributed by atoms with Crippen molar-refractivity contribution in [3.8, 4) is 0 Å². The first kappa shape index (κ1) is 12.0. The molecule has 0 aromatic heterocycles. The summed E-state index contributed by atoms with van der Waals surface area (Å²) in [5.41, 5.74) is 2.36. The van der Waals surface area contributed by atoms with Gasteiger partial charge in [-0.15, -0.1) is 0 Å². The first-order valence-electron chi connectivity index (χ1n) is 5.83. The normalized spacial score (nSPS) is 16.6. The summed E-state index contributed by atoms with van der Waals surface area (Å²) in [6.07, 6.45) is 1.25. The Kier molecular flexibility index (Phi) is 2.86. The van der Waals surface area contributed by atoms with Crippen LogP contribution in [0.4, 0.5) is 0 Å². The minimum atomic E-state index is -0.863. The van der Waals surface area contributed by atoms with Gasteiger partial charge in [-0.3, -0.25) is 0 Å². The van der Waals surface area contributed by atoms with E-state index in [-0.39, 0.29) is 0 Å². The SMILES string of the molecule is OC1(c2ccc(Cl)c(Cl)c2)Cc2ccccc2C1. The fourth-order valence-electron chi connectivity index (χ4n) is 2.58. The highest BCUT2D eigenvalue weighted by atomic mass is 35.5. The van der Waals surface area contributed by atoms with Gasteiger partial charge in [-0.25, -0.2) is 0 Å². The van der Waals surface area contributed by atoms with E-state index >= 15 is 0 Å². The van der Waals surface area contributed by atoms with Crippen LogP contribution in [0.1, 0.15) is 16.7 Å². The van der Waals surface area contributed by atoms with Gasteiger partial charge in [0.15, 0.2) is 0 Å². The molecule has 0 bridgehead atoms. The maximum absolute atomic E-state index is 10.8. The van der Waals surface area contributed by atoms with Gasteiger partial charge < -0.3 is 5.11 Å². The molecule has 3 rings (SSSR count). The summed E-state index contributed by atoms with van der Waals surface area (Å²) in [6.45, 7) is 0. The van der Waals surface area contributed by atoms with Gasteiger partial charge in [0.2, 0.25) is 0 Å². The Balaban J connectivity index is 2.01. The molecule has 2 aromatic rings. The average molecular weight is 279 g/mol. The molecule has 0 fully saturated rings. The lowest BCUT2D eigenvalue weighted by molar-refractivity contribution is 0.0482. The molecule has 0 spiro atoms. The molecule has 1 nitrogen and oxygen atoms in total. The molecule has 0 saturated heterocycles. The average Bonchev–Trinajstić information content (AvgIpc) is 2.70. The molecule has 0 heterocycles. The molecular formula is C15H12Cl2O. The van der Waals surface area contributed by atoms with Crippen molar-refractivity contribution in [2.75, 3.05) is 0 Å². The minimum Gasteiger partial charge on any atom is -0.384 e. The molecule has 1 N–H and O–H groups in total. The van der Waals surface area contributed by atoms with Crippen LogP contribution >= 0.6 is 23.2 Å². The lowest BCUT2D eigenvalue weighted by Gasteiger charge is -2.23. The van der Waals surface area contributed by atoms with Crippen LogP contribution in [-0.4, -0.2) is 5.11 Å². The lowest BCUT2D eigenvalue weighted by Crippen LogP contribution is -2.26. The van der Waals surface area contributed by atoms with Gasteiger partial charge in [0.25, 0.3) is 0 Å². The van der Waals surface area contributed by atoms with Crippen molar-refractivity contribution in [1.82, 2.24) is 0 Å². The second-order valence-corrected chi connectivity index (χ2v) is 5.60. The molecule has 18 heavy (non-hydrogen) atoms. The summed E-state index contributed by atoms with van der Waals surface area (Å²) in [5.74, 6) is 0. The van der Waals surface area contributed by atoms with Crippen LogP contribution < -0.4 is 0 Å². The van der Waals surface area contributed by atoms with Crippen molar-refractivity contribution >= 4 is 23.2 Å². The number of halogens is 2. The Bertz CT molecular complexity index is 582. The van der Waals surface area contributed by atoms with Crippen LogP contribution in [0.15, 0.2) is 42.5 Å². The molecule has 1 aliphatic rings. The quantitative estimate of drug-likeness (QED) is 0.837. The summed E-state index contributed by atoms with van der Waals surface area (Å²) in [7, 11) is 0. The predicted octanol–water partition coefficient (Wildman–Crippen LogP) is 3.98. The zero-order chi connectivity index (χ0) is 12.8. The topological polar surface area (TPSA) is 20.2 Å². The van der Waals surface area contributed by atoms with Crippen LogP contribution in [0.5, 0.6) is 0 Å². The fourth-order valence-corrected chi connectivity index (χ4v) is 2.88. The molecule has 0 aliphatic heterocycles. The Morgan fingerprint density at radius 1 is 0.889 bits per heavy atom. The van der Waals surface area contributed by atoms with Crippen molar-refractivity contribution in [2.24, 2.45) is 0 Å². The molecule has 2 aromatic carbocycles. The fraction of sp³-hybridized carbons (Fsp3) is 0.200. The standard InChI is InChI=1S/C15H12Cl2O/c16-13-6-5-12(7-14(13)17)15(18)8-10-3-1-2-4-11(10)9-15/h1-7,18H,8-9H2. The highest BCUT2D eigenvalue weighted by molar-refractivity contribution is 6.42. The highest BCUT2D eigenvalue weighted by Crippen LogP contribution is 2.39. The van der Waals surface area contributed by atoms with Gasteiger partial charge in [0.1, 0.15) is 0 Å². The van der Waals surface area contributed by atoms with E-state index in [4.69, 9.17) is 23.2 Å². The molecule has 92 valence electrons. The minimum absolute atomic E-state index is 0.485. The van der Waals surface area contributed by atoms with Crippen molar-refractivity contribution in [1.29, 1.82) is 0 Å². The van der Waals surface area contributed by atoms with Gasteiger partial charge >= 0.3 is 0 Å². The number of fused-ring (bicyclic) bond motifs is 1. The number of hydrogen-bond donors (Lipinski definition) is 1. The Morgan fingerprint density at radius 3 is 2.06 bits per heavy atom. The van der Waals surface area contributed by atoms with Crippen molar-refractivity contribution in [2.45, 2.75) is 18.4 Å². The van der Waals surface area contributed by atoms with E-state index in [0.717, 1.165) is 5.56 Å². The summed E-state index contributed by atoms with van der Waals surface area (Å²) >= 11 is 11.9. The zero-order valence-corrected chi connectivity index (χ0v) is 11.2. The summed E-state index contributed by atoms with van der Waals surface area (Å²) in [6, 6.07) is 13.5. The van der Waals surface area contributed by atoms with Gasteiger partial charge in [0.05, 0.1) is 15.6 Å². The maximum atomic E-state index is 10.8. The maximum Gasteiger partial charge on any atom is 0.0977 e. The first-order chi connectivity index (χ1) is 8.58. The van der Waals surface area contributed by atoms with Gasteiger partial charge in [-0.2, -0.15) is 0 Å². The number of aliphatic hydroxyl groups is 1. The zero-order valence-electron chi connectivity index (χ0n) is 9.66. The lowest BCUT2D eigenvalue weighted by atomic mass is 9.91. The van der Waals surface area contributed by atoms with E-state index in [1.807, 2.05) is 18.2 Å². The highest BCUT2D eigenvalue weighted by Gasteiger charge is 2.36. The van der Waals surface area contributed by atoms with Gasteiger partial charge in [0, 0.05) is 12.8 Å².